The molecule has 1 unspecified atom stereocenters. The standard InChI is InChI=1S/C17H19N3O2S/c1-11-10-15(18-22-11)20-16(12-5-7-13(23-2)8-6-12)19-9-3-4-14(19)17(20)21/h5-8,10,14,16H,3-4,9H2,1-2H3/p+1/t14-,16-/m1/s1. The molecule has 3 atom stereocenters. The van der Waals surface area contributed by atoms with E-state index in [0.717, 1.165) is 30.7 Å². The highest BCUT2D eigenvalue weighted by Crippen LogP contribution is 2.31. The lowest BCUT2D eigenvalue weighted by Crippen LogP contribution is -3.12. The van der Waals surface area contributed by atoms with Gasteiger partial charge >= 0.3 is 0 Å². The third-order valence-electron chi connectivity index (χ3n) is 4.84. The van der Waals surface area contributed by atoms with E-state index in [9.17, 15) is 4.79 Å². The summed E-state index contributed by atoms with van der Waals surface area (Å²) in [6.45, 7) is 2.88. The van der Waals surface area contributed by atoms with Crippen molar-refractivity contribution in [2.45, 2.75) is 36.9 Å². The highest BCUT2D eigenvalue weighted by molar-refractivity contribution is 7.98. The molecule has 2 aliphatic rings. The summed E-state index contributed by atoms with van der Waals surface area (Å²) in [5.41, 5.74) is 1.16. The van der Waals surface area contributed by atoms with Crippen molar-refractivity contribution in [2.24, 2.45) is 0 Å². The molecule has 5 nitrogen and oxygen atoms in total. The third-order valence-corrected chi connectivity index (χ3v) is 5.59. The topological polar surface area (TPSA) is 50.8 Å². The molecule has 0 radical (unpaired) electrons. The van der Waals surface area contributed by atoms with Crippen molar-refractivity contribution in [3.63, 3.8) is 0 Å². The van der Waals surface area contributed by atoms with Gasteiger partial charge in [-0.05, 0) is 37.4 Å². The maximum Gasteiger partial charge on any atom is 0.291 e. The first kappa shape index (κ1) is 14.8. The molecule has 2 fully saturated rings. The quantitative estimate of drug-likeness (QED) is 0.872. The average Bonchev–Trinajstić information content (AvgIpc) is 3.25. The Bertz CT molecular complexity index is 728. The van der Waals surface area contributed by atoms with Gasteiger partial charge in [-0.1, -0.05) is 5.16 Å². The van der Waals surface area contributed by atoms with E-state index in [4.69, 9.17) is 4.52 Å². The monoisotopic (exact) mass is 330 g/mol. The van der Waals surface area contributed by atoms with Crippen LogP contribution in [0.25, 0.3) is 0 Å². The van der Waals surface area contributed by atoms with Gasteiger partial charge in [0, 0.05) is 29.4 Å². The highest BCUT2D eigenvalue weighted by atomic mass is 32.2. The van der Waals surface area contributed by atoms with Crippen LogP contribution in [-0.2, 0) is 4.79 Å². The van der Waals surface area contributed by atoms with E-state index in [1.54, 1.807) is 11.8 Å². The van der Waals surface area contributed by atoms with Crippen LogP contribution in [0, 0.1) is 6.92 Å². The second kappa shape index (κ2) is 5.69. The Labute approximate surface area is 139 Å². The minimum absolute atomic E-state index is 0.00425. The van der Waals surface area contributed by atoms with Gasteiger partial charge in [-0.3, -0.25) is 4.79 Å². The number of thioether (sulfide) groups is 1. The molecule has 3 heterocycles. The summed E-state index contributed by atoms with van der Waals surface area (Å²) in [6, 6.07) is 10.4. The zero-order valence-electron chi connectivity index (χ0n) is 13.3. The second-order valence-electron chi connectivity index (χ2n) is 6.20. The Morgan fingerprint density at radius 1 is 1.35 bits per heavy atom. The molecule has 4 rings (SSSR count). The van der Waals surface area contributed by atoms with E-state index in [0.29, 0.717) is 5.82 Å². The van der Waals surface area contributed by atoms with Gasteiger partial charge in [-0.15, -0.1) is 11.8 Å². The number of hydrogen-bond donors (Lipinski definition) is 1. The SMILES string of the molecule is CSc1ccc([C@H]2N(c3cc(C)on3)C(=O)[C@H]3CCC[NH+]32)cc1. The van der Waals surface area contributed by atoms with Gasteiger partial charge < -0.3 is 9.42 Å². The number of nitrogens with one attached hydrogen (secondary N) is 1. The molecular formula is C17H20N3O2S+. The summed E-state index contributed by atoms with van der Waals surface area (Å²) < 4.78 is 5.21. The fourth-order valence-corrected chi connectivity index (χ4v) is 4.21. The number of carbonyl (C=O) groups excluding carboxylic acids is 1. The van der Waals surface area contributed by atoms with Gasteiger partial charge in [-0.25, -0.2) is 4.90 Å². The van der Waals surface area contributed by atoms with Crippen molar-refractivity contribution in [3.05, 3.63) is 41.7 Å². The largest absolute Gasteiger partial charge is 0.360 e. The normalized spacial score (nSPS) is 26.8. The van der Waals surface area contributed by atoms with Gasteiger partial charge in [0.05, 0.1) is 6.54 Å². The molecule has 2 saturated heterocycles. The zero-order chi connectivity index (χ0) is 16.0. The Morgan fingerprint density at radius 3 is 2.78 bits per heavy atom. The number of nitrogens with zero attached hydrogens (tertiary/aromatic N) is 2. The van der Waals surface area contributed by atoms with Crippen LogP contribution < -0.4 is 9.80 Å². The third kappa shape index (κ3) is 2.37. The Balaban J connectivity index is 1.76. The molecule has 0 spiro atoms. The van der Waals surface area contributed by atoms with Crippen LogP contribution in [0.15, 0.2) is 39.8 Å². The van der Waals surface area contributed by atoms with Crippen LogP contribution in [0.2, 0.25) is 0 Å². The van der Waals surface area contributed by atoms with E-state index in [2.05, 4.69) is 35.7 Å². The molecule has 1 aromatic carbocycles. The molecular weight excluding hydrogens is 310 g/mol. The Morgan fingerprint density at radius 2 is 2.13 bits per heavy atom. The maximum absolute atomic E-state index is 12.9. The smallest absolute Gasteiger partial charge is 0.291 e. The van der Waals surface area contributed by atoms with Gasteiger partial charge in [-0.2, -0.15) is 0 Å². The van der Waals surface area contributed by atoms with Crippen LogP contribution in [0.3, 0.4) is 0 Å². The summed E-state index contributed by atoms with van der Waals surface area (Å²) in [6.07, 6.45) is 4.13. The Kier molecular flexibility index (Phi) is 3.66. The number of fused-ring (bicyclic) bond motifs is 1. The van der Waals surface area contributed by atoms with E-state index < -0.39 is 0 Å². The number of aryl methyl sites for hydroxylation is 1. The summed E-state index contributed by atoms with van der Waals surface area (Å²) in [4.78, 5) is 17.3. The van der Waals surface area contributed by atoms with E-state index in [1.807, 2.05) is 17.9 Å². The summed E-state index contributed by atoms with van der Waals surface area (Å²) in [5, 5.41) is 4.10. The fourth-order valence-electron chi connectivity index (χ4n) is 3.80. The highest BCUT2D eigenvalue weighted by Gasteiger charge is 2.54. The number of hydrogen-bond acceptors (Lipinski definition) is 4. The fraction of sp³-hybridized carbons (Fsp3) is 0.412. The van der Waals surface area contributed by atoms with Crippen molar-refractivity contribution in [1.82, 2.24) is 5.16 Å². The molecule has 0 aliphatic carbocycles. The Hall–Kier alpha value is -1.79. The molecule has 0 saturated carbocycles. The van der Waals surface area contributed by atoms with Crippen molar-refractivity contribution in [2.75, 3.05) is 17.7 Å². The minimum atomic E-state index is -0.00425. The van der Waals surface area contributed by atoms with Gasteiger partial charge in [0.1, 0.15) is 5.76 Å². The number of carbonyl (C=O) groups is 1. The first-order chi connectivity index (χ1) is 11.2. The maximum atomic E-state index is 12.9. The summed E-state index contributed by atoms with van der Waals surface area (Å²) >= 11 is 1.73. The van der Waals surface area contributed by atoms with Crippen molar-refractivity contribution < 1.29 is 14.2 Å². The van der Waals surface area contributed by atoms with Crippen molar-refractivity contribution in [1.29, 1.82) is 0 Å². The molecule has 120 valence electrons. The summed E-state index contributed by atoms with van der Waals surface area (Å²) in [7, 11) is 0. The van der Waals surface area contributed by atoms with Gasteiger partial charge in [0.15, 0.2) is 18.0 Å². The number of anilines is 1. The molecule has 1 amide bonds. The predicted molar refractivity (Wildman–Crippen MR) is 88.5 cm³/mol. The average molecular weight is 330 g/mol. The number of aromatic nitrogens is 1. The van der Waals surface area contributed by atoms with Crippen LogP contribution >= 0.6 is 11.8 Å². The number of amides is 1. The lowest BCUT2D eigenvalue weighted by atomic mass is 10.1. The van der Waals surface area contributed by atoms with E-state index in [-0.39, 0.29) is 18.1 Å². The lowest BCUT2D eigenvalue weighted by Gasteiger charge is -2.24. The first-order valence-electron chi connectivity index (χ1n) is 7.95. The second-order valence-corrected chi connectivity index (χ2v) is 7.08. The molecule has 2 aliphatic heterocycles. The van der Waals surface area contributed by atoms with Crippen molar-refractivity contribution >= 4 is 23.5 Å². The molecule has 1 aromatic heterocycles. The number of quaternary nitrogens is 1. The number of benzene rings is 1. The van der Waals surface area contributed by atoms with Gasteiger partial charge in [0.2, 0.25) is 0 Å². The molecule has 1 N–H and O–H groups in total. The van der Waals surface area contributed by atoms with E-state index in [1.165, 1.54) is 9.80 Å². The van der Waals surface area contributed by atoms with Crippen LogP contribution in [-0.4, -0.2) is 29.9 Å². The zero-order valence-corrected chi connectivity index (χ0v) is 14.1. The van der Waals surface area contributed by atoms with Gasteiger partial charge in [0.25, 0.3) is 5.91 Å². The van der Waals surface area contributed by atoms with Crippen LogP contribution in [0.1, 0.15) is 30.3 Å². The lowest BCUT2D eigenvalue weighted by molar-refractivity contribution is -0.924. The van der Waals surface area contributed by atoms with Crippen molar-refractivity contribution in [3.8, 4) is 0 Å². The van der Waals surface area contributed by atoms with E-state index >= 15 is 0 Å². The van der Waals surface area contributed by atoms with Crippen LogP contribution in [0.4, 0.5) is 5.82 Å². The molecule has 6 heteroatoms. The summed E-state index contributed by atoms with van der Waals surface area (Å²) in [5.74, 6) is 1.53. The number of rotatable bonds is 3. The molecule has 2 aromatic rings. The first-order valence-corrected chi connectivity index (χ1v) is 9.17. The predicted octanol–water partition coefficient (Wildman–Crippen LogP) is 1.80. The molecule has 23 heavy (non-hydrogen) atoms. The van der Waals surface area contributed by atoms with Crippen LogP contribution in [0.5, 0.6) is 0 Å². The minimum Gasteiger partial charge on any atom is -0.360 e. The molecule has 0 bridgehead atoms.